The van der Waals surface area contributed by atoms with Gasteiger partial charge in [-0.1, -0.05) is 30.3 Å². The molecular formula is C21H25N5O2S. The van der Waals surface area contributed by atoms with E-state index in [1.165, 1.54) is 11.3 Å². The van der Waals surface area contributed by atoms with Gasteiger partial charge >= 0.3 is 0 Å². The van der Waals surface area contributed by atoms with Gasteiger partial charge in [0.25, 0.3) is 5.91 Å². The molecule has 152 valence electrons. The third-order valence-corrected chi connectivity index (χ3v) is 5.54. The molecule has 2 aromatic heterocycles. The molecule has 0 radical (unpaired) electrons. The summed E-state index contributed by atoms with van der Waals surface area (Å²) < 4.78 is 7.54. The van der Waals surface area contributed by atoms with Crippen LogP contribution < -0.4 is 5.32 Å². The molecule has 3 aromatic rings. The van der Waals surface area contributed by atoms with E-state index in [9.17, 15) is 4.79 Å². The molecule has 2 atom stereocenters. The van der Waals surface area contributed by atoms with Crippen molar-refractivity contribution in [1.82, 2.24) is 19.7 Å². The molecule has 8 heteroatoms. The smallest absolute Gasteiger partial charge is 0.260 e. The van der Waals surface area contributed by atoms with Gasteiger partial charge in [-0.3, -0.25) is 19.7 Å². The first kappa shape index (κ1) is 19.8. The van der Waals surface area contributed by atoms with Crippen molar-refractivity contribution in [3.05, 3.63) is 64.9 Å². The number of carbonyl (C=O) groups excluding carboxylic acids is 1. The third kappa shape index (κ3) is 5.29. The standard InChI is InChI=1S/C21H25N5O2S/c1-15-9-25(10-16(2)28-15)13-19-14-29-21(23-19)24-20(27)18-8-22-26(12-18)11-17-6-4-3-5-7-17/h3-8,12,14-16H,9-11,13H2,1-2H3,(H,23,24,27). The number of ether oxygens (including phenoxy) is 1. The summed E-state index contributed by atoms with van der Waals surface area (Å²) >= 11 is 1.44. The Kier molecular flexibility index (Phi) is 6.03. The lowest BCUT2D eigenvalue weighted by Gasteiger charge is -2.34. The topological polar surface area (TPSA) is 72.3 Å². The van der Waals surface area contributed by atoms with Gasteiger partial charge in [0.1, 0.15) is 0 Å². The Hall–Kier alpha value is -2.55. The Morgan fingerprint density at radius 2 is 1.97 bits per heavy atom. The third-order valence-electron chi connectivity index (χ3n) is 4.74. The molecule has 2 unspecified atom stereocenters. The molecule has 1 N–H and O–H groups in total. The number of aromatic nitrogens is 3. The summed E-state index contributed by atoms with van der Waals surface area (Å²) in [6.45, 7) is 7.36. The molecule has 1 fully saturated rings. The zero-order valence-corrected chi connectivity index (χ0v) is 17.4. The van der Waals surface area contributed by atoms with Crippen LogP contribution in [0.25, 0.3) is 0 Å². The normalized spacial score (nSPS) is 19.9. The Bertz CT molecular complexity index is 945. The summed E-state index contributed by atoms with van der Waals surface area (Å²) in [7, 11) is 0. The molecule has 1 aliphatic heterocycles. The highest BCUT2D eigenvalue weighted by molar-refractivity contribution is 7.13. The summed E-state index contributed by atoms with van der Waals surface area (Å²) in [6.07, 6.45) is 3.80. The maximum atomic E-state index is 12.5. The number of hydrogen-bond acceptors (Lipinski definition) is 6. The van der Waals surface area contributed by atoms with Crippen molar-refractivity contribution in [3.63, 3.8) is 0 Å². The molecule has 7 nitrogen and oxygen atoms in total. The first-order valence-corrected chi connectivity index (χ1v) is 10.6. The van der Waals surface area contributed by atoms with E-state index < -0.39 is 0 Å². The monoisotopic (exact) mass is 411 g/mol. The molecule has 0 bridgehead atoms. The average Bonchev–Trinajstić information content (AvgIpc) is 3.31. The van der Waals surface area contributed by atoms with Crippen molar-refractivity contribution in [2.75, 3.05) is 18.4 Å². The first-order valence-electron chi connectivity index (χ1n) is 9.75. The van der Waals surface area contributed by atoms with Gasteiger partial charge in [0.15, 0.2) is 5.13 Å². The van der Waals surface area contributed by atoms with Gasteiger partial charge in [-0.05, 0) is 19.4 Å². The molecule has 0 aliphatic carbocycles. The summed E-state index contributed by atoms with van der Waals surface area (Å²) in [4.78, 5) is 19.5. The zero-order valence-electron chi connectivity index (χ0n) is 16.6. The first-order chi connectivity index (χ1) is 14.0. The molecule has 1 amide bonds. The van der Waals surface area contributed by atoms with Crippen LogP contribution in [0.1, 0.15) is 35.5 Å². The van der Waals surface area contributed by atoms with E-state index in [-0.39, 0.29) is 18.1 Å². The van der Waals surface area contributed by atoms with Crippen LogP contribution in [0.3, 0.4) is 0 Å². The second-order valence-corrected chi connectivity index (χ2v) is 8.32. The van der Waals surface area contributed by atoms with Gasteiger partial charge in [0, 0.05) is 31.2 Å². The molecule has 1 aliphatic rings. The summed E-state index contributed by atoms with van der Waals surface area (Å²) in [5.74, 6) is -0.196. The van der Waals surface area contributed by atoms with E-state index >= 15 is 0 Å². The average molecular weight is 412 g/mol. The molecule has 29 heavy (non-hydrogen) atoms. The predicted molar refractivity (Wildman–Crippen MR) is 113 cm³/mol. The summed E-state index contributed by atoms with van der Waals surface area (Å²) in [5, 5.41) is 9.78. The Morgan fingerprint density at radius 3 is 2.72 bits per heavy atom. The number of anilines is 1. The van der Waals surface area contributed by atoms with E-state index in [2.05, 4.69) is 34.1 Å². The molecule has 4 rings (SSSR count). The molecule has 3 heterocycles. The Morgan fingerprint density at radius 1 is 1.21 bits per heavy atom. The van der Waals surface area contributed by atoms with Crippen molar-refractivity contribution in [3.8, 4) is 0 Å². The largest absolute Gasteiger partial charge is 0.373 e. The van der Waals surface area contributed by atoms with Crippen LogP contribution in [0.5, 0.6) is 0 Å². The molecule has 1 aromatic carbocycles. The lowest BCUT2D eigenvalue weighted by Crippen LogP contribution is -2.44. The van der Waals surface area contributed by atoms with Gasteiger partial charge < -0.3 is 4.74 Å². The van der Waals surface area contributed by atoms with Gasteiger partial charge in [0.05, 0.1) is 36.2 Å². The fourth-order valence-electron chi connectivity index (χ4n) is 3.59. The number of nitrogens with zero attached hydrogens (tertiary/aromatic N) is 4. The molecule has 0 saturated carbocycles. The van der Waals surface area contributed by atoms with Crippen molar-refractivity contribution in [2.45, 2.75) is 39.1 Å². The minimum Gasteiger partial charge on any atom is -0.373 e. The van der Waals surface area contributed by atoms with Crippen molar-refractivity contribution < 1.29 is 9.53 Å². The molecule has 0 spiro atoms. The van der Waals surface area contributed by atoms with E-state index in [1.54, 1.807) is 17.1 Å². The minimum absolute atomic E-state index is 0.196. The fourth-order valence-corrected chi connectivity index (χ4v) is 4.28. The van der Waals surface area contributed by atoms with E-state index in [0.717, 1.165) is 30.9 Å². The Balaban J connectivity index is 1.33. The second-order valence-electron chi connectivity index (χ2n) is 7.46. The lowest BCUT2D eigenvalue weighted by atomic mass is 10.2. The van der Waals surface area contributed by atoms with E-state index in [1.807, 2.05) is 35.7 Å². The van der Waals surface area contributed by atoms with Crippen LogP contribution in [0.2, 0.25) is 0 Å². The maximum absolute atomic E-state index is 12.5. The van der Waals surface area contributed by atoms with Gasteiger partial charge in [-0.25, -0.2) is 4.98 Å². The van der Waals surface area contributed by atoms with Crippen molar-refractivity contribution in [2.24, 2.45) is 0 Å². The number of rotatable bonds is 6. The van der Waals surface area contributed by atoms with Crippen LogP contribution in [-0.2, 0) is 17.8 Å². The number of nitrogens with one attached hydrogen (secondary N) is 1. The van der Waals surface area contributed by atoms with Crippen LogP contribution in [-0.4, -0.2) is 50.9 Å². The van der Waals surface area contributed by atoms with Crippen molar-refractivity contribution >= 4 is 22.4 Å². The van der Waals surface area contributed by atoms with Crippen LogP contribution >= 0.6 is 11.3 Å². The van der Waals surface area contributed by atoms with E-state index in [4.69, 9.17) is 4.74 Å². The quantitative estimate of drug-likeness (QED) is 0.674. The summed E-state index contributed by atoms with van der Waals surface area (Å²) in [6, 6.07) is 10.0. The van der Waals surface area contributed by atoms with Crippen LogP contribution in [0, 0.1) is 0 Å². The Labute approximate surface area is 174 Å². The molecule has 1 saturated heterocycles. The van der Waals surface area contributed by atoms with Crippen LogP contribution in [0.15, 0.2) is 48.1 Å². The SMILES string of the molecule is CC1CN(Cc2csc(NC(=O)c3cnn(Cc4ccccc4)c3)n2)CC(C)O1. The number of benzene rings is 1. The van der Waals surface area contributed by atoms with Crippen LogP contribution in [0.4, 0.5) is 5.13 Å². The molecular weight excluding hydrogens is 386 g/mol. The number of morpholine rings is 1. The number of carbonyl (C=O) groups is 1. The number of amides is 1. The summed E-state index contributed by atoms with van der Waals surface area (Å²) in [5.41, 5.74) is 2.62. The fraction of sp³-hybridized carbons (Fsp3) is 0.381. The van der Waals surface area contributed by atoms with Gasteiger partial charge in [-0.2, -0.15) is 5.10 Å². The number of hydrogen-bond donors (Lipinski definition) is 1. The van der Waals surface area contributed by atoms with E-state index in [0.29, 0.717) is 17.2 Å². The maximum Gasteiger partial charge on any atom is 0.260 e. The zero-order chi connectivity index (χ0) is 20.2. The minimum atomic E-state index is -0.196. The predicted octanol–water partition coefficient (Wildman–Crippen LogP) is 3.25. The lowest BCUT2D eigenvalue weighted by molar-refractivity contribution is -0.0707. The number of thiazole rings is 1. The van der Waals surface area contributed by atoms with Gasteiger partial charge in [0.2, 0.25) is 0 Å². The highest BCUT2D eigenvalue weighted by atomic mass is 32.1. The highest BCUT2D eigenvalue weighted by Gasteiger charge is 2.23. The van der Waals surface area contributed by atoms with Gasteiger partial charge in [-0.15, -0.1) is 11.3 Å². The highest BCUT2D eigenvalue weighted by Crippen LogP contribution is 2.20. The second kappa shape index (κ2) is 8.86. The van der Waals surface area contributed by atoms with Crippen molar-refractivity contribution in [1.29, 1.82) is 0 Å².